The standard InChI is InChI=1S/C23H25ClN2S/c1-3-17-9-11-18(12-10-17)22-15-27-23(26(22)20-6-4-5-7-20)25-19-13-8-16(2)21(24)14-19/h8-15,20H,3-7H2,1-2H3. The topological polar surface area (TPSA) is 17.3 Å². The third kappa shape index (κ3) is 3.90. The molecule has 0 aliphatic heterocycles. The van der Waals surface area contributed by atoms with Gasteiger partial charge in [-0.1, -0.05) is 61.7 Å². The smallest absolute Gasteiger partial charge is 0.190 e. The van der Waals surface area contributed by atoms with Crippen LogP contribution in [0.2, 0.25) is 5.02 Å². The van der Waals surface area contributed by atoms with Gasteiger partial charge in [0.15, 0.2) is 4.80 Å². The molecule has 0 saturated heterocycles. The number of halogens is 1. The number of nitrogens with zero attached hydrogens (tertiary/aromatic N) is 2. The van der Waals surface area contributed by atoms with E-state index in [4.69, 9.17) is 16.6 Å². The van der Waals surface area contributed by atoms with Crippen molar-refractivity contribution in [1.29, 1.82) is 0 Å². The zero-order valence-corrected chi connectivity index (χ0v) is 17.5. The van der Waals surface area contributed by atoms with E-state index in [2.05, 4.69) is 47.2 Å². The Balaban J connectivity index is 1.83. The number of benzene rings is 2. The molecule has 27 heavy (non-hydrogen) atoms. The molecule has 1 aliphatic rings. The SMILES string of the molecule is CCc1ccc(-c2csc(=Nc3ccc(C)c(Cl)c3)n2C2CCCC2)cc1. The van der Waals surface area contributed by atoms with Crippen molar-refractivity contribution in [3.63, 3.8) is 0 Å². The Hall–Kier alpha value is -1.84. The molecule has 0 unspecified atom stereocenters. The van der Waals surface area contributed by atoms with Crippen molar-refractivity contribution in [2.45, 2.75) is 52.0 Å². The molecule has 4 rings (SSSR count). The van der Waals surface area contributed by atoms with E-state index in [-0.39, 0.29) is 0 Å². The maximum Gasteiger partial charge on any atom is 0.190 e. The third-order valence-corrected chi connectivity index (χ3v) is 6.72. The summed E-state index contributed by atoms with van der Waals surface area (Å²) in [5.74, 6) is 0. The molecule has 0 amide bonds. The van der Waals surface area contributed by atoms with Crippen LogP contribution in [0, 0.1) is 6.92 Å². The summed E-state index contributed by atoms with van der Waals surface area (Å²) < 4.78 is 2.46. The molecule has 0 radical (unpaired) electrons. The molecule has 0 bridgehead atoms. The molecule has 0 spiro atoms. The van der Waals surface area contributed by atoms with E-state index in [1.807, 2.05) is 19.1 Å². The average Bonchev–Trinajstić information content (AvgIpc) is 3.34. The Kier molecular flexibility index (Phi) is 5.51. The largest absolute Gasteiger partial charge is 0.313 e. The predicted octanol–water partition coefficient (Wildman–Crippen LogP) is 7.09. The Morgan fingerprint density at radius 3 is 2.52 bits per heavy atom. The Bertz CT molecular complexity index is 992. The van der Waals surface area contributed by atoms with Crippen LogP contribution in [0.3, 0.4) is 0 Å². The van der Waals surface area contributed by atoms with E-state index in [0.29, 0.717) is 6.04 Å². The zero-order chi connectivity index (χ0) is 18.8. The first-order valence-electron chi connectivity index (χ1n) is 9.76. The molecule has 140 valence electrons. The maximum atomic E-state index is 6.31. The van der Waals surface area contributed by atoms with Gasteiger partial charge in [-0.05, 0) is 55.0 Å². The van der Waals surface area contributed by atoms with E-state index in [0.717, 1.165) is 27.5 Å². The van der Waals surface area contributed by atoms with Gasteiger partial charge in [-0.25, -0.2) is 4.99 Å². The van der Waals surface area contributed by atoms with Gasteiger partial charge in [-0.3, -0.25) is 0 Å². The Morgan fingerprint density at radius 1 is 1.11 bits per heavy atom. The fraction of sp³-hybridized carbons (Fsp3) is 0.348. The van der Waals surface area contributed by atoms with Gasteiger partial charge in [0, 0.05) is 16.4 Å². The molecule has 3 aromatic rings. The molecule has 0 atom stereocenters. The van der Waals surface area contributed by atoms with Gasteiger partial charge in [0.05, 0.1) is 11.4 Å². The lowest BCUT2D eigenvalue weighted by Crippen LogP contribution is -2.19. The molecule has 2 nitrogen and oxygen atoms in total. The van der Waals surface area contributed by atoms with Crippen molar-refractivity contribution < 1.29 is 0 Å². The lowest BCUT2D eigenvalue weighted by molar-refractivity contribution is 0.512. The number of hydrogen-bond donors (Lipinski definition) is 0. The summed E-state index contributed by atoms with van der Waals surface area (Å²) in [6, 6.07) is 15.6. The van der Waals surface area contributed by atoms with Crippen LogP contribution < -0.4 is 4.80 Å². The van der Waals surface area contributed by atoms with Crippen LogP contribution in [0.1, 0.15) is 49.8 Å². The third-order valence-electron chi connectivity index (χ3n) is 5.47. The highest BCUT2D eigenvalue weighted by molar-refractivity contribution is 7.07. The minimum atomic E-state index is 0.539. The van der Waals surface area contributed by atoms with Crippen molar-refractivity contribution in [2.75, 3.05) is 0 Å². The summed E-state index contributed by atoms with van der Waals surface area (Å²) >= 11 is 8.04. The van der Waals surface area contributed by atoms with Gasteiger partial charge in [0.2, 0.25) is 0 Å². The summed E-state index contributed by atoms with van der Waals surface area (Å²) in [4.78, 5) is 6.03. The summed E-state index contributed by atoms with van der Waals surface area (Å²) in [7, 11) is 0. The molecule has 1 heterocycles. The predicted molar refractivity (Wildman–Crippen MR) is 116 cm³/mol. The average molecular weight is 397 g/mol. The van der Waals surface area contributed by atoms with Crippen LogP contribution in [0.25, 0.3) is 11.3 Å². The number of aryl methyl sites for hydroxylation is 2. The number of rotatable bonds is 4. The molecular formula is C23H25ClN2S. The summed E-state index contributed by atoms with van der Waals surface area (Å²) in [5, 5.41) is 3.03. The first-order chi connectivity index (χ1) is 13.2. The van der Waals surface area contributed by atoms with E-state index in [1.165, 1.54) is 42.5 Å². The van der Waals surface area contributed by atoms with Crippen LogP contribution >= 0.6 is 22.9 Å². The molecule has 1 saturated carbocycles. The monoisotopic (exact) mass is 396 g/mol. The number of aromatic nitrogens is 1. The fourth-order valence-corrected chi connectivity index (χ4v) is 4.96. The van der Waals surface area contributed by atoms with Crippen molar-refractivity contribution in [3.05, 3.63) is 68.8 Å². The van der Waals surface area contributed by atoms with Gasteiger partial charge in [0.25, 0.3) is 0 Å². The number of thiazole rings is 1. The van der Waals surface area contributed by atoms with Crippen LogP contribution in [-0.4, -0.2) is 4.57 Å². The lowest BCUT2D eigenvalue weighted by Gasteiger charge is -2.16. The van der Waals surface area contributed by atoms with Crippen LogP contribution in [0.5, 0.6) is 0 Å². The molecule has 1 fully saturated rings. The first kappa shape index (κ1) is 18.5. The molecule has 4 heteroatoms. The van der Waals surface area contributed by atoms with Crippen molar-refractivity contribution in [2.24, 2.45) is 4.99 Å². The normalized spacial score (nSPS) is 15.6. The minimum absolute atomic E-state index is 0.539. The van der Waals surface area contributed by atoms with Crippen molar-refractivity contribution >= 4 is 28.6 Å². The molecule has 2 aromatic carbocycles. The first-order valence-corrected chi connectivity index (χ1v) is 11.0. The molecular weight excluding hydrogens is 372 g/mol. The lowest BCUT2D eigenvalue weighted by atomic mass is 10.1. The van der Waals surface area contributed by atoms with Gasteiger partial charge >= 0.3 is 0 Å². The maximum absolute atomic E-state index is 6.31. The highest BCUT2D eigenvalue weighted by Crippen LogP contribution is 2.34. The minimum Gasteiger partial charge on any atom is -0.313 e. The molecule has 0 N–H and O–H groups in total. The molecule has 1 aromatic heterocycles. The van der Waals surface area contributed by atoms with Gasteiger partial charge < -0.3 is 4.57 Å². The Labute approximate surface area is 170 Å². The highest BCUT2D eigenvalue weighted by atomic mass is 35.5. The second-order valence-corrected chi connectivity index (χ2v) is 8.55. The molecule has 1 aliphatic carbocycles. The van der Waals surface area contributed by atoms with Gasteiger partial charge in [-0.15, -0.1) is 11.3 Å². The van der Waals surface area contributed by atoms with Crippen LogP contribution in [-0.2, 0) is 6.42 Å². The van der Waals surface area contributed by atoms with Crippen LogP contribution in [0.15, 0.2) is 52.8 Å². The van der Waals surface area contributed by atoms with E-state index in [9.17, 15) is 0 Å². The second kappa shape index (κ2) is 8.04. The van der Waals surface area contributed by atoms with Crippen molar-refractivity contribution in [3.8, 4) is 11.3 Å². The van der Waals surface area contributed by atoms with E-state index >= 15 is 0 Å². The number of hydrogen-bond acceptors (Lipinski definition) is 2. The van der Waals surface area contributed by atoms with Gasteiger partial charge in [-0.2, -0.15) is 0 Å². The van der Waals surface area contributed by atoms with E-state index < -0.39 is 0 Å². The quantitative estimate of drug-likeness (QED) is 0.448. The zero-order valence-electron chi connectivity index (χ0n) is 15.9. The van der Waals surface area contributed by atoms with E-state index in [1.54, 1.807) is 11.3 Å². The van der Waals surface area contributed by atoms with Crippen molar-refractivity contribution in [1.82, 2.24) is 4.57 Å². The summed E-state index contributed by atoms with van der Waals surface area (Å²) in [6.45, 7) is 4.22. The summed E-state index contributed by atoms with van der Waals surface area (Å²) in [5.41, 5.74) is 5.94. The summed E-state index contributed by atoms with van der Waals surface area (Å²) in [6.07, 6.45) is 6.15. The Morgan fingerprint density at radius 2 is 1.85 bits per heavy atom. The highest BCUT2D eigenvalue weighted by Gasteiger charge is 2.21. The second-order valence-electron chi connectivity index (χ2n) is 7.31. The van der Waals surface area contributed by atoms with Gasteiger partial charge in [0.1, 0.15) is 0 Å². The van der Waals surface area contributed by atoms with Crippen LogP contribution in [0.4, 0.5) is 5.69 Å². The fourth-order valence-electron chi connectivity index (χ4n) is 3.80.